The van der Waals surface area contributed by atoms with E-state index in [-0.39, 0.29) is 11.8 Å². The van der Waals surface area contributed by atoms with Gasteiger partial charge in [0.1, 0.15) is 17.3 Å². The van der Waals surface area contributed by atoms with Crippen LogP contribution in [0.1, 0.15) is 38.1 Å². The highest BCUT2D eigenvalue weighted by atomic mass is 16.5. The van der Waals surface area contributed by atoms with Crippen LogP contribution in [0.3, 0.4) is 0 Å². The first kappa shape index (κ1) is 18.2. The number of furan rings is 1. The topological polar surface area (TPSA) is 91.8 Å². The fourth-order valence-electron chi connectivity index (χ4n) is 3.08. The predicted molar refractivity (Wildman–Crippen MR) is 94.1 cm³/mol. The van der Waals surface area contributed by atoms with Crippen LogP contribution in [0.4, 0.5) is 0 Å². The van der Waals surface area contributed by atoms with Crippen molar-refractivity contribution in [3.8, 4) is 0 Å². The Labute approximate surface area is 152 Å². The second kappa shape index (κ2) is 7.74. The average Bonchev–Trinajstić information content (AvgIpc) is 3.20. The SMILES string of the molecule is Cc1cc(C(=O)N2CCN(CCNC(=O)c3cc(C)oc3C)CC2)no1. The fraction of sp³-hybridized carbons (Fsp3) is 0.500. The number of rotatable bonds is 5. The third-order valence-corrected chi connectivity index (χ3v) is 4.51. The molecule has 0 aromatic carbocycles. The maximum Gasteiger partial charge on any atom is 0.276 e. The summed E-state index contributed by atoms with van der Waals surface area (Å²) in [6.45, 7) is 9.48. The van der Waals surface area contributed by atoms with Crippen LogP contribution in [0.15, 0.2) is 21.1 Å². The average molecular weight is 360 g/mol. The Bertz CT molecular complexity index is 787. The van der Waals surface area contributed by atoms with Gasteiger partial charge in [-0.15, -0.1) is 0 Å². The summed E-state index contributed by atoms with van der Waals surface area (Å²) in [7, 11) is 0. The molecule has 2 amide bonds. The Morgan fingerprint density at radius 2 is 1.85 bits per heavy atom. The first-order valence-corrected chi connectivity index (χ1v) is 8.74. The van der Waals surface area contributed by atoms with Crippen molar-refractivity contribution in [1.82, 2.24) is 20.3 Å². The van der Waals surface area contributed by atoms with Crippen LogP contribution < -0.4 is 5.32 Å². The minimum atomic E-state index is -0.116. The number of carbonyl (C=O) groups is 2. The van der Waals surface area contributed by atoms with Crippen LogP contribution in [0, 0.1) is 20.8 Å². The van der Waals surface area contributed by atoms with E-state index < -0.39 is 0 Å². The van der Waals surface area contributed by atoms with Crippen molar-refractivity contribution < 1.29 is 18.5 Å². The van der Waals surface area contributed by atoms with Gasteiger partial charge in [-0.05, 0) is 26.8 Å². The molecule has 0 bridgehead atoms. The van der Waals surface area contributed by atoms with Gasteiger partial charge in [0.25, 0.3) is 11.8 Å². The normalized spacial score (nSPS) is 15.3. The molecule has 0 unspecified atom stereocenters. The standard InChI is InChI=1S/C18H24N4O4/c1-12-10-15(14(3)25-12)17(23)19-4-5-21-6-8-22(9-7-21)18(24)16-11-13(2)26-20-16/h10-11H,4-9H2,1-3H3,(H,19,23). The molecule has 0 spiro atoms. The molecule has 2 aromatic rings. The summed E-state index contributed by atoms with van der Waals surface area (Å²) in [6.07, 6.45) is 0. The van der Waals surface area contributed by atoms with E-state index >= 15 is 0 Å². The number of hydrogen-bond donors (Lipinski definition) is 1. The molecule has 0 atom stereocenters. The van der Waals surface area contributed by atoms with Crippen molar-refractivity contribution >= 4 is 11.8 Å². The van der Waals surface area contributed by atoms with Gasteiger partial charge in [0, 0.05) is 45.3 Å². The molecular formula is C18H24N4O4. The minimum Gasteiger partial charge on any atom is -0.466 e. The molecule has 1 fully saturated rings. The van der Waals surface area contributed by atoms with Gasteiger partial charge in [0.2, 0.25) is 0 Å². The molecule has 0 saturated carbocycles. The highest BCUT2D eigenvalue weighted by molar-refractivity contribution is 5.95. The number of aryl methyl sites for hydroxylation is 3. The van der Waals surface area contributed by atoms with Gasteiger partial charge < -0.3 is 19.2 Å². The third-order valence-electron chi connectivity index (χ3n) is 4.51. The molecule has 2 aromatic heterocycles. The first-order chi connectivity index (χ1) is 12.4. The predicted octanol–water partition coefficient (Wildman–Crippen LogP) is 1.38. The van der Waals surface area contributed by atoms with E-state index in [1.165, 1.54) is 0 Å². The van der Waals surface area contributed by atoms with E-state index in [1.54, 1.807) is 30.9 Å². The lowest BCUT2D eigenvalue weighted by Crippen LogP contribution is -2.50. The molecule has 8 nitrogen and oxygen atoms in total. The van der Waals surface area contributed by atoms with Gasteiger partial charge >= 0.3 is 0 Å². The number of piperazine rings is 1. The van der Waals surface area contributed by atoms with Gasteiger partial charge in [0.05, 0.1) is 5.56 Å². The monoisotopic (exact) mass is 360 g/mol. The summed E-state index contributed by atoms with van der Waals surface area (Å²) in [5, 5.41) is 6.70. The number of aromatic nitrogens is 1. The van der Waals surface area contributed by atoms with Gasteiger partial charge in [-0.2, -0.15) is 0 Å². The molecular weight excluding hydrogens is 336 g/mol. The minimum absolute atomic E-state index is 0.0967. The maximum absolute atomic E-state index is 12.3. The molecule has 1 aliphatic rings. The van der Waals surface area contributed by atoms with Gasteiger partial charge in [-0.3, -0.25) is 14.5 Å². The smallest absolute Gasteiger partial charge is 0.276 e. The number of nitrogens with zero attached hydrogens (tertiary/aromatic N) is 3. The van der Waals surface area contributed by atoms with Crippen molar-refractivity contribution in [1.29, 1.82) is 0 Å². The number of carbonyl (C=O) groups excluding carboxylic acids is 2. The number of nitrogens with one attached hydrogen (secondary N) is 1. The summed E-state index contributed by atoms with van der Waals surface area (Å²) in [6, 6.07) is 3.41. The highest BCUT2D eigenvalue weighted by Gasteiger charge is 2.24. The molecule has 26 heavy (non-hydrogen) atoms. The summed E-state index contributed by atoms with van der Waals surface area (Å²) in [4.78, 5) is 28.5. The van der Waals surface area contributed by atoms with Crippen molar-refractivity contribution in [3.05, 3.63) is 40.7 Å². The zero-order chi connectivity index (χ0) is 18.7. The van der Waals surface area contributed by atoms with Crippen molar-refractivity contribution in [3.63, 3.8) is 0 Å². The molecule has 0 aliphatic carbocycles. The second-order valence-corrected chi connectivity index (χ2v) is 6.54. The Hall–Kier alpha value is -2.61. The van der Waals surface area contributed by atoms with Crippen LogP contribution in [0.2, 0.25) is 0 Å². The van der Waals surface area contributed by atoms with E-state index in [9.17, 15) is 9.59 Å². The molecule has 1 saturated heterocycles. The lowest BCUT2D eigenvalue weighted by molar-refractivity contribution is 0.0628. The molecule has 140 valence electrons. The maximum atomic E-state index is 12.3. The Kier molecular flexibility index (Phi) is 5.41. The zero-order valence-electron chi connectivity index (χ0n) is 15.4. The van der Waals surface area contributed by atoms with Crippen LogP contribution >= 0.6 is 0 Å². The Balaban J connectivity index is 1.41. The summed E-state index contributed by atoms with van der Waals surface area (Å²) in [5.74, 6) is 1.78. The van der Waals surface area contributed by atoms with Gasteiger partial charge in [0.15, 0.2) is 5.69 Å². The van der Waals surface area contributed by atoms with Crippen molar-refractivity contribution in [2.75, 3.05) is 39.3 Å². The zero-order valence-corrected chi connectivity index (χ0v) is 15.4. The van der Waals surface area contributed by atoms with Gasteiger partial charge in [-0.25, -0.2) is 0 Å². The molecule has 3 rings (SSSR count). The van der Waals surface area contributed by atoms with E-state index in [0.29, 0.717) is 42.4 Å². The largest absolute Gasteiger partial charge is 0.466 e. The molecule has 1 N–H and O–H groups in total. The van der Waals surface area contributed by atoms with E-state index in [1.807, 2.05) is 6.92 Å². The van der Waals surface area contributed by atoms with Crippen LogP contribution in [-0.2, 0) is 0 Å². The molecule has 1 aliphatic heterocycles. The van der Waals surface area contributed by atoms with Crippen LogP contribution in [0.5, 0.6) is 0 Å². The first-order valence-electron chi connectivity index (χ1n) is 8.74. The second-order valence-electron chi connectivity index (χ2n) is 6.54. The van der Waals surface area contributed by atoms with Crippen LogP contribution in [-0.4, -0.2) is 66.0 Å². The summed E-state index contributed by atoms with van der Waals surface area (Å²) in [5.41, 5.74) is 0.940. The Morgan fingerprint density at radius 1 is 1.12 bits per heavy atom. The van der Waals surface area contributed by atoms with Crippen LogP contribution in [0.25, 0.3) is 0 Å². The van der Waals surface area contributed by atoms with Crippen molar-refractivity contribution in [2.45, 2.75) is 20.8 Å². The quantitative estimate of drug-likeness (QED) is 0.866. The van der Waals surface area contributed by atoms with Crippen molar-refractivity contribution in [2.24, 2.45) is 0 Å². The lowest BCUT2D eigenvalue weighted by atomic mass is 10.2. The summed E-state index contributed by atoms with van der Waals surface area (Å²) < 4.78 is 10.3. The van der Waals surface area contributed by atoms with Gasteiger partial charge in [-0.1, -0.05) is 5.16 Å². The summed E-state index contributed by atoms with van der Waals surface area (Å²) >= 11 is 0. The number of hydrogen-bond acceptors (Lipinski definition) is 6. The lowest BCUT2D eigenvalue weighted by Gasteiger charge is -2.34. The Morgan fingerprint density at radius 3 is 2.42 bits per heavy atom. The molecule has 3 heterocycles. The van der Waals surface area contributed by atoms with E-state index in [2.05, 4.69) is 15.4 Å². The highest BCUT2D eigenvalue weighted by Crippen LogP contribution is 2.13. The third kappa shape index (κ3) is 4.13. The molecule has 0 radical (unpaired) electrons. The van der Waals surface area contributed by atoms with E-state index in [0.717, 1.165) is 25.4 Å². The number of amides is 2. The van der Waals surface area contributed by atoms with E-state index in [4.69, 9.17) is 8.94 Å². The fourth-order valence-corrected chi connectivity index (χ4v) is 3.08. The molecule has 8 heteroatoms.